The van der Waals surface area contributed by atoms with E-state index in [2.05, 4.69) is 206 Å². The first-order valence-corrected chi connectivity index (χ1v) is 28.4. The molecule has 8 heteroatoms. The molecule has 1 aromatic heterocycles. The second-order valence-electron chi connectivity index (χ2n) is 17.4. The second kappa shape index (κ2) is 18.1. The third-order valence-corrected chi connectivity index (χ3v) is 24.3. The molecule has 0 fully saturated rings. The number of rotatable bonds is 10. The fourth-order valence-corrected chi connectivity index (χ4v) is 21.9. The predicted molar refractivity (Wildman–Crippen MR) is 291 cm³/mol. The molecule has 70 heavy (non-hydrogen) atoms. The summed E-state index contributed by atoms with van der Waals surface area (Å²) in [7, 11) is -9.52. The van der Waals surface area contributed by atoms with Gasteiger partial charge in [0.05, 0.1) is 0 Å². The minimum atomic E-state index is -3.42. The molecule has 12 aromatic rings. The fraction of sp³-hybridized carbons (Fsp3) is 0. The smallest absolute Gasteiger partial charge is 0.390 e. The van der Waals surface area contributed by atoms with Crippen molar-refractivity contribution in [3.05, 3.63) is 272 Å². The van der Waals surface area contributed by atoms with Gasteiger partial charge in [-0.3, -0.25) is 0 Å². The molecular weight excluding hydrogens is 918 g/mol. The van der Waals surface area contributed by atoms with Crippen LogP contribution in [0.25, 0.3) is 43.5 Å². The first-order valence-electron chi connectivity index (χ1n) is 23.3. The molecule has 0 bridgehead atoms. The number of hydrogen-bond donors (Lipinski definition) is 0. The Morgan fingerprint density at radius 1 is 0.329 bits per heavy atom. The van der Waals surface area contributed by atoms with E-state index >= 15 is 8.78 Å². The first kappa shape index (κ1) is 43.2. The van der Waals surface area contributed by atoms with E-state index in [9.17, 15) is 0 Å². The molecule has 0 saturated heterocycles. The quantitative estimate of drug-likeness (QED) is 0.101. The van der Waals surface area contributed by atoms with Crippen LogP contribution in [0.1, 0.15) is 0 Å². The summed E-state index contributed by atoms with van der Waals surface area (Å²) in [5.74, 6) is -2.29. The molecule has 0 N–H and O–H groups in total. The zero-order valence-corrected chi connectivity index (χ0v) is 40.6. The van der Waals surface area contributed by atoms with Crippen molar-refractivity contribution >= 4 is 109 Å². The standard InChI is InChI=1S/C62H43F2O3PSi2/c63-54-40-23-41-55(64)60(54)65-68-66-61-56(69(46-26-7-1-8-27-46,47-28-9-2-10-29-47)48-30-11-3-12-31-48)42-44-24-19-21-38-52(44)58(61)59-53-39-22-20-25-45(53)43-57(62(59)67-68)70(49-32-13-4-14-33-49,50-34-15-5-16-35-50)51-36-17-6-18-37-51/h1-43H. The van der Waals surface area contributed by atoms with Crippen LogP contribution < -0.4 is 46.0 Å². The maximum atomic E-state index is 16.1. The highest BCUT2D eigenvalue weighted by molar-refractivity contribution is 7.32. The molecule has 0 spiro atoms. The van der Waals surface area contributed by atoms with Crippen LogP contribution in [0, 0.1) is 11.6 Å². The molecule has 1 heterocycles. The second-order valence-corrected chi connectivity index (χ2v) is 26.0. The van der Waals surface area contributed by atoms with Crippen LogP contribution in [0.5, 0.6) is 5.75 Å². The number of benzene rings is 11. The molecule has 0 radical (unpaired) electrons. The van der Waals surface area contributed by atoms with E-state index in [-0.39, 0.29) is 0 Å². The summed E-state index contributed by atoms with van der Waals surface area (Å²) < 4.78 is 53.9. The zero-order chi connectivity index (χ0) is 47.1. The lowest BCUT2D eigenvalue weighted by atomic mass is 9.98. The van der Waals surface area contributed by atoms with Crippen LogP contribution >= 0.6 is 8.24 Å². The van der Waals surface area contributed by atoms with E-state index < -0.39 is 41.8 Å². The van der Waals surface area contributed by atoms with Gasteiger partial charge in [-0.1, -0.05) is 249 Å². The van der Waals surface area contributed by atoms with Gasteiger partial charge in [0.15, 0.2) is 27.8 Å². The van der Waals surface area contributed by atoms with E-state index in [1.165, 1.54) is 18.2 Å². The van der Waals surface area contributed by atoms with Crippen molar-refractivity contribution in [1.82, 2.24) is 0 Å². The van der Waals surface area contributed by atoms with Gasteiger partial charge in [0.2, 0.25) is 5.75 Å². The molecule has 0 atom stereocenters. The molecule has 0 saturated carbocycles. The number of para-hydroxylation sites is 1. The summed E-state index contributed by atoms with van der Waals surface area (Å²) in [5.41, 5.74) is 1.08. The highest BCUT2D eigenvalue weighted by Crippen LogP contribution is 2.43. The Hall–Kier alpha value is -8.07. The molecule has 11 aromatic carbocycles. The van der Waals surface area contributed by atoms with Crippen LogP contribution in [-0.4, -0.2) is 16.1 Å². The molecule has 3 nitrogen and oxygen atoms in total. The van der Waals surface area contributed by atoms with Gasteiger partial charge in [-0.15, -0.1) is 0 Å². The lowest BCUT2D eigenvalue weighted by Gasteiger charge is -2.35. The number of halogens is 2. The zero-order valence-electron chi connectivity index (χ0n) is 37.8. The lowest BCUT2D eigenvalue weighted by Crippen LogP contribution is -2.75. The van der Waals surface area contributed by atoms with Gasteiger partial charge in [-0.05, 0) is 75.2 Å². The summed E-state index contributed by atoms with van der Waals surface area (Å²) in [6, 6.07) is 89.2. The molecule has 0 aliphatic carbocycles. The van der Waals surface area contributed by atoms with Crippen molar-refractivity contribution in [1.29, 1.82) is 0 Å². The van der Waals surface area contributed by atoms with Gasteiger partial charge >= 0.3 is 8.24 Å². The summed E-state index contributed by atoms with van der Waals surface area (Å²) in [6.07, 6.45) is 0. The minimum absolute atomic E-state index is 0.539. The molecule has 0 aliphatic heterocycles. The Bertz CT molecular complexity index is 3440. The Labute approximate surface area is 407 Å². The maximum Gasteiger partial charge on any atom is 0.453 e. The third-order valence-electron chi connectivity index (χ3n) is 13.7. The average molecular weight is 961 g/mol. The van der Waals surface area contributed by atoms with Crippen molar-refractivity contribution in [2.75, 3.05) is 0 Å². The summed E-state index contributed by atoms with van der Waals surface area (Å²) in [6.45, 7) is 0. The molecule has 336 valence electrons. The highest BCUT2D eigenvalue weighted by atomic mass is 31.1. The average Bonchev–Trinajstić information content (AvgIpc) is 3.60. The van der Waals surface area contributed by atoms with Crippen molar-refractivity contribution < 1.29 is 21.7 Å². The normalized spacial score (nSPS) is 11.9. The Balaban J connectivity index is 1.39. The van der Waals surface area contributed by atoms with E-state index in [0.717, 1.165) is 73.8 Å². The minimum Gasteiger partial charge on any atom is -0.390 e. The van der Waals surface area contributed by atoms with Gasteiger partial charge in [0.25, 0.3) is 0 Å². The SMILES string of the molecule is Fc1cccc(F)c1Op1oc2c([Si](c3ccccc3)(c3ccccc3)c3ccccc3)cc3ccccc3c2c2c(o1)c([Si](c1ccccc1)(c1ccccc1)c1ccccc1)cc1ccccc12. The van der Waals surface area contributed by atoms with Crippen molar-refractivity contribution in [3.8, 4) is 5.75 Å². The Morgan fingerprint density at radius 2 is 0.614 bits per heavy atom. The molecule has 0 unspecified atom stereocenters. The molecular formula is C62H43F2O3PSi2. The largest absolute Gasteiger partial charge is 0.453 e. The van der Waals surface area contributed by atoms with Gasteiger partial charge in [0.1, 0.15) is 11.2 Å². The van der Waals surface area contributed by atoms with Crippen LogP contribution in [0.15, 0.2) is 269 Å². The van der Waals surface area contributed by atoms with E-state index in [1.54, 1.807) is 0 Å². The van der Waals surface area contributed by atoms with Gasteiger partial charge in [-0.2, -0.15) is 0 Å². The van der Waals surface area contributed by atoms with Gasteiger partial charge in [-0.25, -0.2) is 8.78 Å². The Morgan fingerprint density at radius 3 is 0.929 bits per heavy atom. The fourth-order valence-electron chi connectivity index (χ4n) is 10.8. The van der Waals surface area contributed by atoms with Gasteiger partial charge in [0, 0.05) is 10.8 Å². The highest BCUT2D eigenvalue weighted by Gasteiger charge is 2.46. The maximum absolute atomic E-state index is 16.1. The van der Waals surface area contributed by atoms with Crippen molar-refractivity contribution in [2.24, 2.45) is 0 Å². The topological polar surface area (TPSA) is 35.5 Å². The molecule has 0 aliphatic rings. The summed E-state index contributed by atoms with van der Waals surface area (Å²) in [5, 5.41) is 14.2. The van der Waals surface area contributed by atoms with E-state index in [4.69, 9.17) is 12.9 Å². The van der Waals surface area contributed by atoms with Crippen LogP contribution in [-0.2, 0) is 0 Å². The molecule has 0 amide bonds. The predicted octanol–water partition coefficient (Wildman–Crippen LogP) is 11.5. The van der Waals surface area contributed by atoms with Gasteiger partial charge < -0.3 is 12.9 Å². The van der Waals surface area contributed by atoms with Crippen molar-refractivity contribution in [3.63, 3.8) is 0 Å². The summed E-state index contributed by atoms with van der Waals surface area (Å²) >= 11 is 0. The molecule has 12 rings (SSSR count). The monoisotopic (exact) mass is 960 g/mol. The number of hydrogen-bond acceptors (Lipinski definition) is 3. The number of fused-ring (bicyclic) bond motifs is 7. The van der Waals surface area contributed by atoms with Crippen LogP contribution in [0.3, 0.4) is 0 Å². The first-order chi connectivity index (χ1) is 34.6. The lowest BCUT2D eigenvalue weighted by molar-refractivity contribution is 0.437. The van der Waals surface area contributed by atoms with Crippen LogP contribution in [0.2, 0.25) is 0 Å². The van der Waals surface area contributed by atoms with E-state index in [1.807, 2.05) is 36.4 Å². The van der Waals surface area contributed by atoms with Crippen LogP contribution in [0.4, 0.5) is 8.78 Å². The third kappa shape index (κ3) is 7.04. The summed E-state index contributed by atoms with van der Waals surface area (Å²) in [4.78, 5) is 0. The Kier molecular flexibility index (Phi) is 11.2. The van der Waals surface area contributed by atoms with E-state index in [0.29, 0.717) is 11.2 Å². The van der Waals surface area contributed by atoms with Crippen molar-refractivity contribution in [2.45, 2.75) is 0 Å².